The largest absolute Gasteiger partial charge is 0.504 e. The van der Waals surface area contributed by atoms with Gasteiger partial charge < -0.3 is 10.1 Å². The van der Waals surface area contributed by atoms with Gasteiger partial charge in [0, 0.05) is 6.20 Å². The van der Waals surface area contributed by atoms with Gasteiger partial charge >= 0.3 is 0 Å². The van der Waals surface area contributed by atoms with Gasteiger partial charge in [-0.05, 0) is 6.92 Å². The first kappa shape index (κ1) is 6.15. The van der Waals surface area contributed by atoms with Crippen molar-refractivity contribution in [3.8, 4) is 5.75 Å². The van der Waals surface area contributed by atoms with E-state index in [4.69, 9.17) is 0 Å². The van der Waals surface area contributed by atoms with Gasteiger partial charge in [-0.2, -0.15) is 0 Å². The van der Waals surface area contributed by atoms with Crippen LogP contribution in [0.3, 0.4) is 0 Å². The summed E-state index contributed by atoms with van der Waals surface area (Å²) in [6.07, 6.45) is 2.94. The van der Waals surface area contributed by atoms with Crippen LogP contribution in [-0.4, -0.2) is 20.1 Å². The molecule has 4 nitrogen and oxygen atoms in total. The van der Waals surface area contributed by atoms with Crippen molar-refractivity contribution in [1.29, 1.82) is 0 Å². The van der Waals surface area contributed by atoms with Gasteiger partial charge in [-0.15, -0.1) is 0 Å². The van der Waals surface area contributed by atoms with Gasteiger partial charge in [0.05, 0.1) is 11.2 Å². The Bertz CT molecular complexity index is 393. The van der Waals surface area contributed by atoms with Crippen molar-refractivity contribution in [3.05, 3.63) is 18.2 Å². The molecular weight excluding hydrogens is 142 g/mol. The highest BCUT2D eigenvalue weighted by atomic mass is 16.3. The lowest BCUT2D eigenvalue weighted by molar-refractivity contribution is 0.480. The second-order valence-electron chi connectivity index (χ2n) is 2.36. The highest BCUT2D eigenvalue weighted by Gasteiger charge is 2.04. The van der Waals surface area contributed by atoms with E-state index in [9.17, 15) is 5.11 Å². The lowest BCUT2D eigenvalue weighted by atomic mass is 10.3. The number of hydrogen-bond acceptors (Lipinski definition) is 3. The van der Waals surface area contributed by atoms with E-state index in [0.717, 1.165) is 11.2 Å². The molecule has 4 heteroatoms. The quantitative estimate of drug-likeness (QED) is 0.586. The molecular formula is C7H7N3O. The number of rotatable bonds is 0. The number of nitrogens with zero attached hydrogens (tertiary/aromatic N) is 2. The summed E-state index contributed by atoms with van der Waals surface area (Å²) in [5, 5.41) is 9.21. The predicted octanol–water partition coefficient (Wildman–Crippen LogP) is 0.972. The maximum absolute atomic E-state index is 9.21. The number of hydrogen-bond donors (Lipinski definition) is 2. The normalized spacial score (nSPS) is 10.6. The molecule has 0 aliphatic heterocycles. The van der Waals surface area contributed by atoms with Gasteiger partial charge in [0.25, 0.3) is 0 Å². The SMILES string of the molecule is Cc1ncnc2c(O)c[nH]c12. The Morgan fingerprint density at radius 2 is 2.27 bits per heavy atom. The average molecular weight is 149 g/mol. The van der Waals surface area contributed by atoms with Gasteiger partial charge in [-0.25, -0.2) is 9.97 Å². The smallest absolute Gasteiger partial charge is 0.159 e. The molecule has 2 heterocycles. The van der Waals surface area contributed by atoms with Crippen LogP contribution in [0.1, 0.15) is 5.69 Å². The Labute approximate surface area is 62.9 Å². The number of aromatic amines is 1. The molecule has 0 aliphatic carbocycles. The van der Waals surface area contributed by atoms with Crippen molar-refractivity contribution in [2.24, 2.45) is 0 Å². The van der Waals surface area contributed by atoms with E-state index in [1.54, 1.807) is 0 Å². The van der Waals surface area contributed by atoms with Gasteiger partial charge in [0.2, 0.25) is 0 Å². The first-order valence-corrected chi connectivity index (χ1v) is 3.26. The molecule has 11 heavy (non-hydrogen) atoms. The standard InChI is InChI=1S/C7H7N3O/c1-4-6-7(10-3-9-4)5(11)2-8-6/h2-3,8,11H,1H3. The third-order valence-corrected chi connectivity index (χ3v) is 1.63. The van der Waals surface area contributed by atoms with Crippen LogP contribution in [-0.2, 0) is 0 Å². The van der Waals surface area contributed by atoms with Crippen LogP contribution in [0, 0.1) is 6.92 Å². The third kappa shape index (κ3) is 0.756. The van der Waals surface area contributed by atoms with E-state index in [1.807, 2.05) is 6.92 Å². The second kappa shape index (κ2) is 1.95. The van der Waals surface area contributed by atoms with Crippen molar-refractivity contribution in [2.75, 3.05) is 0 Å². The van der Waals surface area contributed by atoms with Crippen LogP contribution < -0.4 is 0 Å². The van der Waals surface area contributed by atoms with Crippen LogP contribution in [0.5, 0.6) is 5.75 Å². The molecule has 0 saturated carbocycles. The number of fused-ring (bicyclic) bond motifs is 1. The minimum atomic E-state index is 0.172. The molecule has 0 saturated heterocycles. The highest BCUT2D eigenvalue weighted by molar-refractivity contribution is 5.82. The minimum Gasteiger partial charge on any atom is -0.504 e. The summed E-state index contributed by atoms with van der Waals surface area (Å²) in [5.41, 5.74) is 2.22. The molecule has 2 aromatic rings. The summed E-state index contributed by atoms with van der Waals surface area (Å²) in [6, 6.07) is 0. The van der Waals surface area contributed by atoms with Crippen molar-refractivity contribution in [1.82, 2.24) is 15.0 Å². The highest BCUT2D eigenvalue weighted by Crippen LogP contribution is 2.21. The molecule has 2 aromatic heterocycles. The Hall–Kier alpha value is -1.58. The summed E-state index contributed by atoms with van der Waals surface area (Å²) in [5.74, 6) is 0.172. The molecule has 56 valence electrons. The van der Waals surface area contributed by atoms with Gasteiger partial charge in [-0.1, -0.05) is 0 Å². The maximum atomic E-state index is 9.21. The first-order chi connectivity index (χ1) is 5.29. The Morgan fingerprint density at radius 3 is 3.00 bits per heavy atom. The van der Waals surface area contributed by atoms with Crippen molar-refractivity contribution < 1.29 is 5.11 Å². The molecule has 0 aliphatic rings. The van der Waals surface area contributed by atoms with Crippen LogP contribution in [0.4, 0.5) is 0 Å². The van der Waals surface area contributed by atoms with Crippen LogP contribution in [0.15, 0.2) is 12.5 Å². The van der Waals surface area contributed by atoms with E-state index in [0.29, 0.717) is 5.52 Å². The zero-order chi connectivity index (χ0) is 7.84. The maximum Gasteiger partial charge on any atom is 0.159 e. The van der Waals surface area contributed by atoms with Gasteiger partial charge in [0.1, 0.15) is 11.8 Å². The van der Waals surface area contributed by atoms with Crippen molar-refractivity contribution in [3.63, 3.8) is 0 Å². The molecule has 2 rings (SSSR count). The molecule has 0 unspecified atom stereocenters. The Kier molecular flexibility index (Phi) is 1.09. The fourth-order valence-electron chi connectivity index (χ4n) is 1.05. The van der Waals surface area contributed by atoms with Crippen LogP contribution >= 0.6 is 0 Å². The lowest BCUT2D eigenvalue weighted by Crippen LogP contribution is -1.84. The fourth-order valence-corrected chi connectivity index (χ4v) is 1.05. The molecule has 0 atom stereocenters. The zero-order valence-corrected chi connectivity index (χ0v) is 6.00. The van der Waals surface area contributed by atoms with Crippen LogP contribution in [0.2, 0.25) is 0 Å². The number of nitrogens with one attached hydrogen (secondary N) is 1. The molecule has 0 radical (unpaired) electrons. The van der Waals surface area contributed by atoms with E-state index in [2.05, 4.69) is 15.0 Å². The average Bonchev–Trinajstić information content (AvgIpc) is 2.35. The third-order valence-electron chi connectivity index (χ3n) is 1.63. The molecule has 0 bridgehead atoms. The number of aromatic hydroxyl groups is 1. The summed E-state index contributed by atoms with van der Waals surface area (Å²) in [7, 11) is 0. The lowest BCUT2D eigenvalue weighted by Gasteiger charge is -1.91. The van der Waals surface area contributed by atoms with Crippen LogP contribution in [0.25, 0.3) is 11.0 Å². The predicted molar refractivity (Wildman–Crippen MR) is 40.3 cm³/mol. The topological polar surface area (TPSA) is 61.8 Å². The molecule has 0 spiro atoms. The second-order valence-corrected chi connectivity index (χ2v) is 2.36. The summed E-state index contributed by atoms with van der Waals surface area (Å²) >= 11 is 0. The Morgan fingerprint density at radius 1 is 1.45 bits per heavy atom. The van der Waals surface area contributed by atoms with E-state index in [1.165, 1.54) is 12.5 Å². The Balaban J connectivity index is 2.94. The van der Waals surface area contributed by atoms with Crippen molar-refractivity contribution in [2.45, 2.75) is 6.92 Å². The minimum absolute atomic E-state index is 0.172. The molecule has 2 N–H and O–H groups in total. The molecule has 0 aromatic carbocycles. The molecule has 0 fully saturated rings. The van der Waals surface area contributed by atoms with Gasteiger partial charge in [-0.3, -0.25) is 0 Å². The van der Waals surface area contributed by atoms with Gasteiger partial charge in [0.15, 0.2) is 5.75 Å². The summed E-state index contributed by atoms with van der Waals surface area (Å²) < 4.78 is 0. The number of aryl methyl sites for hydroxylation is 1. The van der Waals surface area contributed by atoms with E-state index >= 15 is 0 Å². The molecule has 0 amide bonds. The summed E-state index contributed by atoms with van der Waals surface area (Å²) in [6.45, 7) is 1.86. The summed E-state index contributed by atoms with van der Waals surface area (Å²) in [4.78, 5) is 10.8. The fraction of sp³-hybridized carbons (Fsp3) is 0.143. The van der Waals surface area contributed by atoms with E-state index in [-0.39, 0.29) is 5.75 Å². The van der Waals surface area contributed by atoms with E-state index < -0.39 is 0 Å². The number of H-pyrrole nitrogens is 1. The monoisotopic (exact) mass is 149 g/mol. The first-order valence-electron chi connectivity index (χ1n) is 3.26. The number of aromatic nitrogens is 3. The van der Waals surface area contributed by atoms with Crippen molar-refractivity contribution >= 4 is 11.0 Å². The zero-order valence-electron chi connectivity index (χ0n) is 6.00.